The van der Waals surface area contributed by atoms with Crippen LogP contribution in [-0.4, -0.2) is 17.5 Å². The quantitative estimate of drug-likeness (QED) is 0.607. The zero-order chi connectivity index (χ0) is 15.4. The second-order valence-corrected chi connectivity index (χ2v) is 6.05. The van der Waals surface area contributed by atoms with Crippen LogP contribution in [0.3, 0.4) is 0 Å². The van der Waals surface area contributed by atoms with Crippen molar-refractivity contribution < 1.29 is 4.92 Å². The van der Waals surface area contributed by atoms with Crippen LogP contribution in [0.4, 0.5) is 17.1 Å². The Kier molecular flexibility index (Phi) is 5.04. The molecule has 0 aromatic heterocycles. The number of nitrogens with zero attached hydrogens (tertiary/aromatic N) is 1. The molecule has 1 aliphatic carbocycles. The van der Waals surface area contributed by atoms with Crippen LogP contribution in [0, 0.1) is 22.0 Å². The van der Waals surface area contributed by atoms with Gasteiger partial charge in [0.1, 0.15) is 11.4 Å². The van der Waals surface area contributed by atoms with Crippen LogP contribution >= 0.6 is 0 Å². The van der Waals surface area contributed by atoms with Crippen LogP contribution in [0.1, 0.15) is 40.0 Å². The van der Waals surface area contributed by atoms with Crippen LogP contribution < -0.4 is 10.6 Å². The highest BCUT2D eigenvalue weighted by atomic mass is 16.6. The van der Waals surface area contributed by atoms with E-state index in [1.165, 1.54) is 6.42 Å². The van der Waals surface area contributed by atoms with Crippen molar-refractivity contribution in [3.8, 4) is 0 Å². The molecule has 0 radical (unpaired) electrons. The van der Waals surface area contributed by atoms with Gasteiger partial charge in [-0.1, -0.05) is 26.8 Å². The summed E-state index contributed by atoms with van der Waals surface area (Å²) in [5.41, 5.74) is 1.40. The number of rotatable bonds is 6. The molecule has 1 aromatic rings. The van der Waals surface area contributed by atoms with E-state index in [2.05, 4.69) is 24.5 Å². The summed E-state index contributed by atoms with van der Waals surface area (Å²) in [5, 5.41) is 18.0. The molecule has 21 heavy (non-hydrogen) atoms. The van der Waals surface area contributed by atoms with Crippen molar-refractivity contribution in [2.45, 2.75) is 46.1 Å². The Morgan fingerprint density at radius 2 is 2.00 bits per heavy atom. The van der Waals surface area contributed by atoms with E-state index in [-0.39, 0.29) is 10.6 Å². The van der Waals surface area contributed by atoms with Gasteiger partial charge < -0.3 is 10.6 Å². The van der Waals surface area contributed by atoms with E-state index in [0.29, 0.717) is 29.3 Å². The Morgan fingerprint density at radius 1 is 1.29 bits per heavy atom. The molecule has 0 spiro atoms. The first-order chi connectivity index (χ1) is 10.0. The standard InChI is InChI=1S/C16H25N3O2/c1-4-10-17-14-6-5-7-15(16(14)19(20)21)18-13-9-8-11(2)12(13)3/h5-7,11-13,17-18H,4,8-10H2,1-3H3. The van der Waals surface area contributed by atoms with E-state index < -0.39 is 0 Å². The summed E-state index contributed by atoms with van der Waals surface area (Å²) < 4.78 is 0. The molecule has 2 rings (SSSR count). The third kappa shape index (κ3) is 3.46. The molecule has 1 aliphatic rings. The Labute approximate surface area is 126 Å². The van der Waals surface area contributed by atoms with Gasteiger partial charge in [-0.3, -0.25) is 10.1 Å². The first-order valence-corrected chi connectivity index (χ1v) is 7.82. The molecular formula is C16H25N3O2. The SMILES string of the molecule is CCCNc1cccc(NC2CCC(C)C2C)c1[N+](=O)[O-]. The van der Waals surface area contributed by atoms with Crippen molar-refractivity contribution in [2.75, 3.05) is 17.2 Å². The van der Waals surface area contributed by atoms with Crippen LogP contribution in [0.25, 0.3) is 0 Å². The molecule has 0 heterocycles. The molecule has 3 atom stereocenters. The van der Waals surface area contributed by atoms with Gasteiger partial charge in [0.05, 0.1) is 4.92 Å². The fraction of sp³-hybridized carbons (Fsp3) is 0.625. The first kappa shape index (κ1) is 15.6. The number of nitro groups is 1. The number of para-hydroxylation sites is 1. The van der Waals surface area contributed by atoms with E-state index >= 15 is 0 Å². The van der Waals surface area contributed by atoms with E-state index in [9.17, 15) is 10.1 Å². The molecule has 5 heteroatoms. The summed E-state index contributed by atoms with van der Waals surface area (Å²) in [6.45, 7) is 7.25. The largest absolute Gasteiger partial charge is 0.379 e. The van der Waals surface area contributed by atoms with Crippen LogP contribution in [0.5, 0.6) is 0 Å². The van der Waals surface area contributed by atoms with Crippen molar-refractivity contribution in [3.05, 3.63) is 28.3 Å². The Bertz CT molecular complexity index is 504. The third-order valence-corrected chi connectivity index (χ3v) is 4.59. The molecule has 5 nitrogen and oxygen atoms in total. The van der Waals surface area contributed by atoms with E-state index in [4.69, 9.17) is 0 Å². The van der Waals surface area contributed by atoms with Gasteiger partial charge in [-0.15, -0.1) is 0 Å². The Hall–Kier alpha value is -1.78. The summed E-state index contributed by atoms with van der Waals surface area (Å²) in [4.78, 5) is 11.2. The zero-order valence-electron chi connectivity index (χ0n) is 13.1. The molecule has 116 valence electrons. The fourth-order valence-electron chi connectivity index (χ4n) is 3.03. The lowest BCUT2D eigenvalue weighted by Crippen LogP contribution is -2.24. The highest BCUT2D eigenvalue weighted by Crippen LogP contribution is 2.38. The Morgan fingerprint density at radius 3 is 2.57 bits per heavy atom. The van der Waals surface area contributed by atoms with Gasteiger partial charge in [-0.2, -0.15) is 0 Å². The third-order valence-electron chi connectivity index (χ3n) is 4.59. The molecule has 0 bridgehead atoms. The lowest BCUT2D eigenvalue weighted by atomic mass is 9.97. The normalized spacial score (nSPS) is 24.8. The second-order valence-electron chi connectivity index (χ2n) is 6.05. The molecule has 1 fully saturated rings. The molecule has 1 aromatic carbocycles. The van der Waals surface area contributed by atoms with Crippen molar-refractivity contribution in [3.63, 3.8) is 0 Å². The van der Waals surface area contributed by atoms with Gasteiger partial charge in [0, 0.05) is 12.6 Å². The van der Waals surface area contributed by atoms with Gasteiger partial charge in [0.2, 0.25) is 0 Å². The monoisotopic (exact) mass is 291 g/mol. The lowest BCUT2D eigenvalue weighted by Gasteiger charge is -2.21. The molecule has 2 N–H and O–H groups in total. The van der Waals surface area contributed by atoms with Crippen LogP contribution in [-0.2, 0) is 0 Å². The van der Waals surface area contributed by atoms with Gasteiger partial charge >= 0.3 is 5.69 Å². The summed E-state index contributed by atoms with van der Waals surface area (Å²) in [5.74, 6) is 1.21. The summed E-state index contributed by atoms with van der Waals surface area (Å²) >= 11 is 0. The van der Waals surface area contributed by atoms with Crippen molar-refractivity contribution in [2.24, 2.45) is 11.8 Å². The predicted molar refractivity (Wildman–Crippen MR) is 86.8 cm³/mol. The number of nitrogens with one attached hydrogen (secondary N) is 2. The fourth-order valence-corrected chi connectivity index (χ4v) is 3.03. The van der Waals surface area contributed by atoms with E-state index in [1.807, 2.05) is 19.1 Å². The topological polar surface area (TPSA) is 67.2 Å². The number of benzene rings is 1. The zero-order valence-corrected chi connectivity index (χ0v) is 13.1. The number of nitro benzene ring substituents is 1. The minimum atomic E-state index is -0.288. The summed E-state index contributed by atoms with van der Waals surface area (Å²) in [6.07, 6.45) is 3.19. The summed E-state index contributed by atoms with van der Waals surface area (Å²) in [6, 6.07) is 5.78. The minimum Gasteiger partial charge on any atom is -0.379 e. The van der Waals surface area contributed by atoms with E-state index in [0.717, 1.165) is 19.4 Å². The maximum absolute atomic E-state index is 11.5. The number of hydrogen-bond acceptors (Lipinski definition) is 4. The van der Waals surface area contributed by atoms with Gasteiger partial charge in [-0.05, 0) is 43.2 Å². The lowest BCUT2D eigenvalue weighted by molar-refractivity contribution is -0.383. The number of hydrogen-bond donors (Lipinski definition) is 2. The summed E-state index contributed by atoms with van der Waals surface area (Å²) in [7, 11) is 0. The van der Waals surface area contributed by atoms with Crippen molar-refractivity contribution in [1.82, 2.24) is 0 Å². The smallest absolute Gasteiger partial charge is 0.315 e. The average Bonchev–Trinajstić information content (AvgIpc) is 2.77. The van der Waals surface area contributed by atoms with Gasteiger partial charge in [0.25, 0.3) is 0 Å². The molecule has 0 amide bonds. The highest BCUT2D eigenvalue weighted by molar-refractivity contribution is 5.76. The predicted octanol–water partition coefficient (Wildman–Crippen LogP) is 4.26. The van der Waals surface area contributed by atoms with Gasteiger partial charge in [-0.25, -0.2) is 0 Å². The van der Waals surface area contributed by atoms with E-state index in [1.54, 1.807) is 6.07 Å². The first-order valence-electron chi connectivity index (χ1n) is 7.82. The van der Waals surface area contributed by atoms with Crippen molar-refractivity contribution in [1.29, 1.82) is 0 Å². The number of anilines is 2. The molecule has 0 saturated heterocycles. The van der Waals surface area contributed by atoms with Crippen LogP contribution in [0.15, 0.2) is 18.2 Å². The second kappa shape index (κ2) is 6.78. The molecular weight excluding hydrogens is 266 g/mol. The average molecular weight is 291 g/mol. The van der Waals surface area contributed by atoms with Crippen LogP contribution in [0.2, 0.25) is 0 Å². The minimum absolute atomic E-state index is 0.165. The molecule has 0 aliphatic heterocycles. The maximum atomic E-state index is 11.5. The maximum Gasteiger partial charge on any atom is 0.315 e. The molecule has 3 unspecified atom stereocenters. The highest BCUT2D eigenvalue weighted by Gasteiger charge is 2.31. The molecule has 1 saturated carbocycles. The van der Waals surface area contributed by atoms with Gasteiger partial charge in [0.15, 0.2) is 0 Å². The van der Waals surface area contributed by atoms with Crippen molar-refractivity contribution >= 4 is 17.1 Å². The Balaban J connectivity index is 2.24.